The molecule has 8 nitrogen and oxygen atoms in total. The molecule has 188 valence electrons. The van der Waals surface area contributed by atoms with Gasteiger partial charge in [-0.3, -0.25) is 4.79 Å². The van der Waals surface area contributed by atoms with Crippen LogP contribution < -0.4 is 0 Å². The third-order valence-electron chi connectivity index (χ3n) is 7.26. The van der Waals surface area contributed by atoms with Crippen LogP contribution in [0.15, 0.2) is 36.5 Å². The van der Waals surface area contributed by atoms with Gasteiger partial charge in [-0.15, -0.1) is 0 Å². The van der Waals surface area contributed by atoms with Gasteiger partial charge >= 0.3 is 17.9 Å². The zero-order valence-electron chi connectivity index (χ0n) is 20.5. The second kappa shape index (κ2) is 10.2. The van der Waals surface area contributed by atoms with E-state index < -0.39 is 11.9 Å². The van der Waals surface area contributed by atoms with Crippen molar-refractivity contribution in [2.75, 3.05) is 20.2 Å². The SMILES string of the molecule is CC(C)n1cc2c3c(cccc31)[C@H]1C[C@@H](COC(=O)C3CC3)CN(C)[C@@H]1C2.O=C(O)/C=C\C(=O)O. The van der Waals surface area contributed by atoms with Crippen molar-refractivity contribution in [3.05, 3.63) is 47.7 Å². The molecule has 5 rings (SSSR count). The lowest BCUT2D eigenvalue weighted by Gasteiger charge is -2.45. The first-order chi connectivity index (χ1) is 16.7. The van der Waals surface area contributed by atoms with E-state index >= 15 is 0 Å². The number of carboxylic acid groups (broad SMARTS) is 2. The van der Waals surface area contributed by atoms with Crippen LogP contribution >= 0.6 is 0 Å². The van der Waals surface area contributed by atoms with Crippen molar-refractivity contribution in [2.45, 2.75) is 57.5 Å². The molecule has 2 fully saturated rings. The Hall–Kier alpha value is -3.13. The van der Waals surface area contributed by atoms with Crippen molar-refractivity contribution in [1.29, 1.82) is 0 Å². The van der Waals surface area contributed by atoms with Gasteiger partial charge in [-0.1, -0.05) is 12.1 Å². The fraction of sp³-hybridized carbons (Fsp3) is 0.519. The number of carbonyl (C=O) groups excluding carboxylic acids is 1. The number of likely N-dealkylation sites (tertiary alicyclic amines) is 1. The maximum atomic E-state index is 12.0. The molecule has 0 unspecified atom stereocenters. The Labute approximate surface area is 205 Å². The van der Waals surface area contributed by atoms with Crippen LogP contribution in [0.5, 0.6) is 0 Å². The number of aromatic nitrogens is 1. The van der Waals surface area contributed by atoms with Crippen LogP contribution in [0.3, 0.4) is 0 Å². The Morgan fingerprint density at radius 1 is 1.14 bits per heavy atom. The monoisotopic (exact) mass is 482 g/mol. The summed E-state index contributed by atoms with van der Waals surface area (Å²) in [6.45, 7) is 6.13. The number of fused-ring (bicyclic) bond motifs is 2. The molecule has 2 aliphatic carbocycles. The summed E-state index contributed by atoms with van der Waals surface area (Å²) in [5, 5.41) is 17.1. The number of carboxylic acids is 2. The van der Waals surface area contributed by atoms with E-state index in [-0.39, 0.29) is 11.9 Å². The molecule has 1 saturated heterocycles. The molecule has 0 amide bonds. The van der Waals surface area contributed by atoms with Crippen LogP contribution in [0, 0.1) is 11.8 Å². The summed E-state index contributed by atoms with van der Waals surface area (Å²) < 4.78 is 8.07. The van der Waals surface area contributed by atoms with Gasteiger partial charge in [0.25, 0.3) is 0 Å². The minimum absolute atomic E-state index is 0.0295. The molecule has 2 heterocycles. The normalized spacial score (nSPS) is 23.6. The highest BCUT2D eigenvalue weighted by Crippen LogP contribution is 2.45. The predicted molar refractivity (Wildman–Crippen MR) is 131 cm³/mol. The van der Waals surface area contributed by atoms with E-state index in [1.54, 1.807) is 0 Å². The molecular formula is C27H34N2O6. The van der Waals surface area contributed by atoms with Gasteiger partial charge in [0, 0.05) is 59.7 Å². The third kappa shape index (κ3) is 5.59. The Morgan fingerprint density at radius 3 is 2.43 bits per heavy atom. The van der Waals surface area contributed by atoms with E-state index in [1.807, 2.05) is 0 Å². The number of aliphatic carboxylic acids is 2. The van der Waals surface area contributed by atoms with Crippen molar-refractivity contribution in [2.24, 2.45) is 11.8 Å². The van der Waals surface area contributed by atoms with Crippen molar-refractivity contribution >= 4 is 28.8 Å². The molecule has 2 N–H and O–H groups in total. The number of ether oxygens (including phenoxy) is 1. The highest BCUT2D eigenvalue weighted by atomic mass is 16.5. The Kier molecular flexibility index (Phi) is 7.31. The second-order valence-corrected chi connectivity index (χ2v) is 10.2. The molecule has 1 saturated carbocycles. The van der Waals surface area contributed by atoms with Crippen LogP contribution in [0.25, 0.3) is 10.9 Å². The molecule has 0 bridgehead atoms. The number of hydrogen-bond donors (Lipinski definition) is 2. The van der Waals surface area contributed by atoms with Crippen LogP contribution in [0.1, 0.15) is 56.2 Å². The van der Waals surface area contributed by atoms with Gasteiger partial charge in [0.15, 0.2) is 0 Å². The smallest absolute Gasteiger partial charge is 0.328 e. The topological polar surface area (TPSA) is 109 Å². The van der Waals surface area contributed by atoms with E-state index in [4.69, 9.17) is 14.9 Å². The molecule has 35 heavy (non-hydrogen) atoms. The van der Waals surface area contributed by atoms with Gasteiger partial charge in [0.2, 0.25) is 0 Å². The highest BCUT2D eigenvalue weighted by Gasteiger charge is 2.40. The number of esters is 1. The lowest BCUT2D eigenvalue weighted by molar-refractivity contribution is -0.147. The Bertz CT molecular complexity index is 1130. The summed E-state index contributed by atoms with van der Waals surface area (Å²) in [5.74, 6) is -1.32. The largest absolute Gasteiger partial charge is 0.478 e. The first-order valence-corrected chi connectivity index (χ1v) is 12.3. The van der Waals surface area contributed by atoms with E-state index in [0.717, 1.165) is 32.2 Å². The second-order valence-electron chi connectivity index (χ2n) is 10.2. The van der Waals surface area contributed by atoms with Gasteiger partial charge in [0.05, 0.1) is 12.5 Å². The van der Waals surface area contributed by atoms with Crippen molar-refractivity contribution < 1.29 is 29.3 Å². The number of benzene rings is 1. The van der Waals surface area contributed by atoms with Crippen LogP contribution in [-0.4, -0.2) is 63.8 Å². The van der Waals surface area contributed by atoms with Crippen LogP contribution in [0.2, 0.25) is 0 Å². The molecule has 1 aromatic carbocycles. The van der Waals surface area contributed by atoms with Gasteiger partial charge in [0.1, 0.15) is 0 Å². The van der Waals surface area contributed by atoms with E-state index in [2.05, 4.69) is 54.8 Å². The summed E-state index contributed by atoms with van der Waals surface area (Å²) in [5.41, 5.74) is 4.38. The van der Waals surface area contributed by atoms with Crippen molar-refractivity contribution in [3.8, 4) is 0 Å². The van der Waals surface area contributed by atoms with E-state index in [1.165, 1.54) is 22.0 Å². The summed E-state index contributed by atoms with van der Waals surface area (Å²) >= 11 is 0. The number of piperidine rings is 1. The number of hydrogen-bond acceptors (Lipinski definition) is 5. The molecule has 0 radical (unpaired) electrons. The lowest BCUT2D eigenvalue weighted by atomic mass is 9.72. The van der Waals surface area contributed by atoms with Gasteiger partial charge in [-0.2, -0.15) is 0 Å². The Morgan fingerprint density at radius 2 is 1.83 bits per heavy atom. The molecular weight excluding hydrogens is 448 g/mol. The standard InChI is InChI=1S/C23H30N2O2.C4H4O4/c1-14(2)25-12-17-10-21-19(18-5-4-6-20(25)22(17)18)9-15(11-24(21)3)13-27-23(26)16-7-8-16;5-3(6)1-2-4(7)8/h4-6,12,14-16,19,21H,7-11,13H2,1-3H3;1-2H,(H,5,6)(H,7,8)/b;2-1-/t15-,19-,21-;/m1./s1. The molecule has 0 spiro atoms. The summed E-state index contributed by atoms with van der Waals surface area (Å²) in [6.07, 6.45) is 7.79. The van der Waals surface area contributed by atoms with Gasteiger partial charge in [-0.25, -0.2) is 9.59 Å². The maximum Gasteiger partial charge on any atom is 0.328 e. The number of rotatable bonds is 6. The summed E-state index contributed by atoms with van der Waals surface area (Å²) in [7, 11) is 2.25. The van der Waals surface area contributed by atoms with Crippen molar-refractivity contribution in [3.63, 3.8) is 0 Å². The minimum atomic E-state index is -1.26. The van der Waals surface area contributed by atoms with E-state index in [0.29, 0.717) is 42.7 Å². The zero-order valence-corrected chi connectivity index (χ0v) is 20.5. The zero-order chi connectivity index (χ0) is 25.3. The number of likely N-dealkylation sites (N-methyl/N-ethyl adjacent to an activating group) is 1. The summed E-state index contributed by atoms with van der Waals surface area (Å²) in [4.78, 5) is 33.6. The van der Waals surface area contributed by atoms with Crippen LogP contribution in [-0.2, 0) is 25.5 Å². The van der Waals surface area contributed by atoms with Crippen molar-refractivity contribution in [1.82, 2.24) is 9.47 Å². The third-order valence-corrected chi connectivity index (χ3v) is 7.26. The highest BCUT2D eigenvalue weighted by molar-refractivity contribution is 5.90. The fourth-order valence-electron chi connectivity index (χ4n) is 5.51. The minimum Gasteiger partial charge on any atom is -0.478 e. The number of carbonyl (C=O) groups is 3. The lowest BCUT2D eigenvalue weighted by Crippen LogP contribution is -2.48. The maximum absolute atomic E-state index is 12.0. The van der Waals surface area contributed by atoms with Crippen LogP contribution in [0.4, 0.5) is 0 Å². The number of nitrogens with zero attached hydrogens (tertiary/aromatic N) is 2. The quantitative estimate of drug-likeness (QED) is 0.475. The molecule has 1 aliphatic heterocycles. The first kappa shape index (κ1) is 25.0. The van der Waals surface area contributed by atoms with Gasteiger partial charge in [-0.05, 0) is 63.8 Å². The molecule has 3 atom stereocenters. The Balaban J connectivity index is 0.000000314. The summed E-state index contributed by atoms with van der Waals surface area (Å²) in [6, 6.07) is 7.86. The average Bonchev–Trinajstić information content (AvgIpc) is 3.59. The van der Waals surface area contributed by atoms with E-state index in [9.17, 15) is 14.4 Å². The average molecular weight is 483 g/mol. The predicted octanol–water partition coefficient (Wildman–Crippen LogP) is 3.85. The molecule has 3 aliphatic rings. The molecule has 8 heteroatoms. The van der Waals surface area contributed by atoms with Gasteiger partial charge < -0.3 is 24.4 Å². The first-order valence-electron chi connectivity index (χ1n) is 12.3. The molecule has 2 aromatic rings. The molecule has 1 aromatic heterocycles. The fourth-order valence-corrected chi connectivity index (χ4v) is 5.51.